The topological polar surface area (TPSA) is 53.7 Å². The molecule has 0 aliphatic rings. The highest BCUT2D eigenvalue weighted by Gasteiger charge is 2.15. The predicted molar refractivity (Wildman–Crippen MR) is 49.4 cm³/mol. The minimum absolute atomic E-state index is 0.0378. The summed E-state index contributed by atoms with van der Waals surface area (Å²) >= 11 is 0. The molecular formula is C9H11F2NO3. The number of hydrogen-bond acceptors (Lipinski definition) is 4. The lowest BCUT2D eigenvalue weighted by Gasteiger charge is -2.19. The fourth-order valence-electron chi connectivity index (χ4n) is 1.15. The number of aldehydes is 1. The maximum atomic E-state index is 12.1. The van der Waals surface area contributed by atoms with Crippen molar-refractivity contribution in [2.75, 3.05) is 24.6 Å². The van der Waals surface area contributed by atoms with Crippen LogP contribution in [0.15, 0.2) is 16.5 Å². The molecule has 84 valence electrons. The quantitative estimate of drug-likeness (QED) is 0.729. The van der Waals surface area contributed by atoms with Crippen LogP contribution in [0.3, 0.4) is 0 Å². The molecule has 0 unspecified atom stereocenters. The number of aliphatic hydroxyl groups is 1. The van der Waals surface area contributed by atoms with E-state index in [-0.39, 0.29) is 24.8 Å². The summed E-state index contributed by atoms with van der Waals surface area (Å²) in [6.45, 7) is -0.758. The van der Waals surface area contributed by atoms with Crippen LogP contribution < -0.4 is 4.90 Å². The van der Waals surface area contributed by atoms with E-state index in [2.05, 4.69) is 0 Å². The second-order valence-corrected chi connectivity index (χ2v) is 2.85. The Hall–Kier alpha value is -1.43. The first-order valence-electron chi connectivity index (χ1n) is 4.36. The molecule has 0 bridgehead atoms. The van der Waals surface area contributed by atoms with Gasteiger partial charge in [0, 0.05) is 12.6 Å². The van der Waals surface area contributed by atoms with Crippen molar-refractivity contribution in [1.82, 2.24) is 0 Å². The highest BCUT2D eigenvalue weighted by Crippen LogP contribution is 2.18. The molecule has 0 amide bonds. The van der Waals surface area contributed by atoms with Crippen LogP contribution in [-0.2, 0) is 0 Å². The number of alkyl halides is 2. The van der Waals surface area contributed by atoms with Crippen molar-refractivity contribution in [1.29, 1.82) is 0 Å². The van der Waals surface area contributed by atoms with Gasteiger partial charge in [0.15, 0.2) is 17.9 Å². The van der Waals surface area contributed by atoms with E-state index < -0.39 is 13.0 Å². The Balaban J connectivity index is 2.73. The predicted octanol–water partition coefficient (Wildman–Crippen LogP) is 1.16. The molecule has 1 aromatic rings. The monoisotopic (exact) mass is 219 g/mol. The van der Waals surface area contributed by atoms with E-state index in [0.717, 1.165) is 0 Å². The first-order chi connectivity index (χ1) is 7.17. The van der Waals surface area contributed by atoms with E-state index in [1.165, 1.54) is 17.0 Å². The molecule has 0 radical (unpaired) electrons. The van der Waals surface area contributed by atoms with E-state index in [9.17, 15) is 13.6 Å². The second-order valence-electron chi connectivity index (χ2n) is 2.85. The molecule has 0 aliphatic carbocycles. The van der Waals surface area contributed by atoms with Gasteiger partial charge < -0.3 is 14.4 Å². The minimum Gasteiger partial charge on any atom is -0.438 e. The van der Waals surface area contributed by atoms with Crippen LogP contribution in [0.25, 0.3) is 0 Å². The Kier molecular flexibility index (Phi) is 4.23. The van der Waals surface area contributed by atoms with Crippen LogP contribution >= 0.6 is 0 Å². The van der Waals surface area contributed by atoms with Crippen LogP contribution in [-0.4, -0.2) is 37.5 Å². The van der Waals surface area contributed by atoms with Crippen LogP contribution in [0.4, 0.5) is 14.7 Å². The third-order valence-electron chi connectivity index (χ3n) is 1.77. The molecule has 0 atom stereocenters. The van der Waals surface area contributed by atoms with Gasteiger partial charge in [0.1, 0.15) is 0 Å². The summed E-state index contributed by atoms with van der Waals surface area (Å²) in [5, 5.41) is 8.68. The number of carbonyl (C=O) groups excluding carboxylic acids is 1. The average Bonchev–Trinajstić information content (AvgIpc) is 2.64. The Morgan fingerprint density at radius 3 is 2.73 bits per heavy atom. The van der Waals surface area contributed by atoms with Gasteiger partial charge in [-0.25, -0.2) is 8.78 Å². The molecule has 0 saturated carbocycles. The summed E-state index contributed by atoms with van der Waals surface area (Å²) in [7, 11) is 0. The molecule has 4 nitrogen and oxygen atoms in total. The number of aliphatic hydroxyl groups excluding tert-OH is 1. The van der Waals surface area contributed by atoms with Crippen molar-refractivity contribution in [3.8, 4) is 0 Å². The molecular weight excluding hydrogens is 208 g/mol. The molecule has 1 N–H and O–H groups in total. The number of rotatable bonds is 6. The lowest BCUT2D eigenvalue weighted by atomic mass is 10.4. The lowest BCUT2D eigenvalue weighted by molar-refractivity contribution is 0.110. The van der Waals surface area contributed by atoms with Gasteiger partial charge in [0.05, 0.1) is 13.2 Å². The van der Waals surface area contributed by atoms with Crippen LogP contribution in [0.5, 0.6) is 0 Å². The van der Waals surface area contributed by atoms with Crippen molar-refractivity contribution < 1.29 is 23.1 Å². The van der Waals surface area contributed by atoms with E-state index in [1.54, 1.807) is 0 Å². The normalized spacial score (nSPS) is 10.7. The largest absolute Gasteiger partial charge is 0.438 e. The smallest absolute Gasteiger partial charge is 0.255 e. The zero-order valence-electron chi connectivity index (χ0n) is 7.90. The maximum Gasteiger partial charge on any atom is 0.255 e. The highest BCUT2D eigenvalue weighted by molar-refractivity contribution is 5.71. The van der Waals surface area contributed by atoms with Gasteiger partial charge in [0.2, 0.25) is 0 Å². The first kappa shape index (κ1) is 11.6. The van der Waals surface area contributed by atoms with Crippen LogP contribution in [0.1, 0.15) is 10.6 Å². The molecule has 6 heteroatoms. The number of nitrogens with zero attached hydrogens (tertiary/aromatic N) is 1. The molecule has 0 saturated heterocycles. The highest BCUT2D eigenvalue weighted by atomic mass is 19.3. The van der Waals surface area contributed by atoms with Crippen molar-refractivity contribution in [2.45, 2.75) is 6.43 Å². The molecule has 1 rings (SSSR count). The summed E-state index contributed by atoms with van der Waals surface area (Å²) in [5.74, 6) is 0.230. The number of anilines is 1. The lowest BCUT2D eigenvalue weighted by Crippen LogP contribution is -2.31. The third kappa shape index (κ3) is 3.32. The molecule has 0 fully saturated rings. The number of halogens is 2. The second kappa shape index (κ2) is 5.45. The van der Waals surface area contributed by atoms with Gasteiger partial charge in [-0.3, -0.25) is 4.79 Å². The number of furan rings is 1. The van der Waals surface area contributed by atoms with Gasteiger partial charge in [-0.15, -0.1) is 0 Å². The summed E-state index contributed by atoms with van der Waals surface area (Å²) < 4.78 is 29.3. The molecule has 0 aliphatic heterocycles. The SMILES string of the molecule is O=Cc1ccc(N(CCO)CC(F)F)o1. The third-order valence-corrected chi connectivity index (χ3v) is 1.77. The van der Waals surface area contributed by atoms with Crippen molar-refractivity contribution in [3.05, 3.63) is 17.9 Å². The standard InChI is InChI=1S/C9H11F2NO3/c10-8(11)5-12(3-4-13)9-2-1-7(6-14)15-9/h1-2,6,8,13H,3-5H2. The summed E-state index contributed by atoms with van der Waals surface area (Å²) in [6, 6.07) is 2.81. The summed E-state index contributed by atoms with van der Waals surface area (Å²) in [4.78, 5) is 11.5. The molecule has 0 aromatic carbocycles. The minimum atomic E-state index is -2.53. The van der Waals surface area contributed by atoms with E-state index >= 15 is 0 Å². The van der Waals surface area contributed by atoms with Gasteiger partial charge in [-0.2, -0.15) is 0 Å². The van der Waals surface area contributed by atoms with Crippen LogP contribution in [0, 0.1) is 0 Å². The Morgan fingerprint density at radius 1 is 1.53 bits per heavy atom. The molecule has 0 spiro atoms. The van der Waals surface area contributed by atoms with E-state index in [0.29, 0.717) is 6.29 Å². The summed E-state index contributed by atoms with van der Waals surface area (Å²) in [6.07, 6.45) is -2.04. The number of carbonyl (C=O) groups is 1. The Labute approximate surface area is 85.1 Å². The van der Waals surface area contributed by atoms with Gasteiger partial charge in [-0.05, 0) is 6.07 Å². The first-order valence-corrected chi connectivity index (χ1v) is 4.36. The molecule has 15 heavy (non-hydrogen) atoms. The van der Waals surface area contributed by atoms with E-state index in [1.807, 2.05) is 0 Å². The Bertz CT molecular complexity index is 314. The summed E-state index contributed by atoms with van der Waals surface area (Å²) in [5.41, 5.74) is 0. The molecule has 1 aromatic heterocycles. The van der Waals surface area contributed by atoms with Crippen LogP contribution in [0.2, 0.25) is 0 Å². The van der Waals surface area contributed by atoms with Crippen molar-refractivity contribution >= 4 is 12.2 Å². The molecule has 1 heterocycles. The van der Waals surface area contributed by atoms with Crippen molar-refractivity contribution in [2.24, 2.45) is 0 Å². The fourth-order valence-corrected chi connectivity index (χ4v) is 1.15. The maximum absolute atomic E-state index is 12.1. The van der Waals surface area contributed by atoms with Gasteiger partial charge in [-0.1, -0.05) is 0 Å². The zero-order chi connectivity index (χ0) is 11.3. The Morgan fingerprint density at radius 2 is 2.27 bits per heavy atom. The van der Waals surface area contributed by atoms with Crippen molar-refractivity contribution in [3.63, 3.8) is 0 Å². The van der Waals surface area contributed by atoms with Gasteiger partial charge in [0.25, 0.3) is 6.43 Å². The van der Waals surface area contributed by atoms with E-state index in [4.69, 9.17) is 9.52 Å². The average molecular weight is 219 g/mol. The zero-order valence-corrected chi connectivity index (χ0v) is 7.90. The number of hydrogen-bond donors (Lipinski definition) is 1. The van der Waals surface area contributed by atoms with Gasteiger partial charge >= 0.3 is 0 Å². The fraction of sp³-hybridized carbons (Fsp3) is 0.444.